The summed E-state index contributed by atoms with van der Waals surface area (Å²) in [7, 11) is 0. The maximum absolute atomic E-state index is 6.71. The molecule has 2 aliphatic heterocycles. The van der Waals surface area contributed by atoms with Crippen LogP contribution >= 0.6 is 0 Å². The third-order valence-corrected chi connectivity index (χ3v) is 24.6. The topological polar surface area (TPSA) is 19.6 Å². The largest absolute Gasteiger partial charge is 0.456 e. The number of para-hydroxylation sites is 1. The number of nitrogens with zero attached hydrogens (tertiary/aromatic N) is 2. The monoisotopic (exact) mass is 1470 g/mol. The van der Waals surface area contributed by atoms with Gasteiger partial charge in [-0.25, -0.2) is 0 Å². The maximum atomic E-state index is 6.71. The molecule has 0 atom stereocenters. The van der Waals surface area contributed by atoms with E-state index in [2.05, 4.69) is 446 Å². The van der Waals surface area contributed by atoms with Gasteiger partial charge in [0.1, 0.15) is 11.2 Å². The fraction of sp³-hybridized carbons (Fsp3) is 0.0811. The van der Waals surface area contributed by atoms with Crippen molar-refractivity contribution in [2.75, 3.05) is 9.80 Å². The Balaban J connectivity index is 0.943. The predicted molar refractivity (Wildman–Crippen MR) is 486 cm³/mol. The Bertz CT molecular complexity index is 6660. The molecular formula is C111H83BN2O. The van der Waals surface area contributed by atoms with Crippen LogP contribution < -0.4 is 26.2 Å². The molecule has 0 bridgehead atoms. The lowest BCUT2D eigenvalue weighted by Gasteiger charge is -2.46. The summed E-state index contributed by atoms with van der Waals surface area (Å²) in [6, 6.07) is 149. The zero-order chi connectivity index (χ0) is 77.3. The van der Waals surface area contributed by atoms with E-state index in [0.29, 0.717) is 0 Å². The van der Waals surface area contributed by atoms with Crippen LogP contribution in [-0.4, -0.2) is 6.71 Å². The molecule has 0 N–H and O–H groups in total. The molecule has 3 nitrogen and oxygen atoms in total. The minimum absolute atomic E-state index is 0.225. The molecule has 21 rings (SSSR count). The van der Waals surface area contributed by atoms with E-state index in [1.807, 2.05) is 0 Å². The Labute approximate surface area is 674 Å². The van der Waals surface area contributed by atoms with Crippen molar-refractivity contribution in [1.82, 2.24) is 0 Å². The smallest absolute Gasteiger partial charge is 0.252 e. The van der Waals surface area contributed by atoms with Crippen LogP contribution in [0, 0.1) is 0 Å². The molecule has 546 valence electrons. The van der Waals surface area contributed by atoms with Crippen molar-refractivity contribution >= 4 is 79.2 Å². The van der Waals surface area contributed by atoms with E-state index in [1.165, 1.54) is 77.6 Å². The van der Waals surface area contributed by atoms with Crippen LogP contribution in [0.15, 0.2) is 399 Å². The normalized spacial score (nSPS) is 13.1. The molecule has 18 aromatic rings. The third-order valence-electron chi connectivity index (χ3n) is 24.6. The van der Waals surface area contributed by atoms with Gasteiger partial charge >= 0.3 is 0 Å². The van der Waals surface area contributed by atoms with Crippen molar-refractivity contribution in [2.24, 2.45) is 0 Å². The molecule has 4 heteroatoms. The van der Waals surface area contributed by atoms with Crippen molar-refractivity contribution in [3.8, 4) is 100 Å². The molecule has 0 amide bonds. The van der Waals surface area contributed by atoms with Gasteiger partial charge in [-0.05, 0) is 211 Å². The molecule has 0 fully saturated rings. The molecular weight excluding hydrogens is 1390 g/mol. The second-order valence-corrected chi connectivity index (χ2v) is 33.4. The Morgan fingerprint density at radius 3 is 1.14 bits per heavy atom. The number of anilines is 6. The molecule has 0 spiro atoms. The summed E-state index contributed by atoms with van der Waals surface area (Å²) >= 11 is 0. The number of furan rings is 1. The minimum atomic E-state index is -0.612. The minimum Gasteiger partial charge on any atom is -0.456 e. The molecule has 1 aliphatic carbocycles. The lowest BCUT2D eigenvalue weighted by molar-refractivity contribution is 0.590. The summed E-state index contributed by atoms with van der Waals surface area (Å²) in [6.07, 6.45) is 0. The van der Waals surface area contributed by atoms with Gasteiger partial charge in [0, 0.05) is 55.8 Å². The van der Waals surface area contributed by atoms with Gasteiger partial charge in [0.2, 0.25) is 0 Å². The fourth-order valence-corrected chi connectivity index (χ4v) is 19.1. The lowest BCUT2D eigenvalue weighted by Crippen LogP contribution is -2.61. The highest BCUT2D eigenvalue weighted by atomic mass is 16.3. The van der Waals surface area contributed by atoms with Crippen LogP contribution in [0.4, 0.5) is 34.1 Å². The van der Waals surface area contributed by atoms with Crippen molar-refractivity contribution in [1.29, 1.82) is 0 Å². The summed E-state index contributed by atoms with van der Waals surface area (Å²) < 4.78 is 6.71. The van der Waals surface area contributed by atoms with Crippen molar-refractivity contribution < 1.29 is 4.42 Å². The number of rotatable bonds is 12. The van der Waals surface area contributed by atoms with Gasteiger partial charge in [0.25, 0.3) is 6.71 Å². The Hall–Kier alpha value is -13.8. The molecule has 0 saturated heterocycles. The number of hydrogen-bond donors (Lipinski definition) is 0. The summed E-state index contributed by atoms with van der Waals surface area (Å²) in [4.78, 5) is 5.43. The van der Waals surface area contributed by atoms with Crippen molar-refractivity contribution in [3.05, 3.63) is 428 Å². The highest BCUT2D eigenvalue weighted by molar-refractivity contribution is 7.00. The number of benzene rings is 17. The Morgan fingerprint density at radius 2 is 0.626 bits per heavy atom. The van der Waals surface area contributed by atoms with Gasteiger partial charge in [-0.15, -0.1) is 0 Å². The average Bonchev–Trinajstić information content (AvgIpc) is 1.11. The van der Waals surface area contributed by atoms with Gasteiger partial charge in [-0.1, -0.05) is 363 Å². The first-order valence-corrected chi connectivity index (χ1v) is 40.4. The number of hydrogen-bond acceptors (Lipinski definition) is 3. The third kappa shape index (κ3) is 11.4. The van der Waals surface area contributed by atoms with Crippen LogP contribution in [0.3, 0.4) is 0 Å². The molecule has 3 heterocycles. The van der Waals surface area contributed by atoms with Gasteiger partial charge in [-0.3, -0.25) is 0 Å². The van der Waals surface area contributed by atoms with Crippen LogP contribution in [-0.2, 0) is 16.2 Å². The average molecular weight is 1470 g/mol. The molecule has 0 saturated carbocycles. The molecule has 0 radical (unpaired) electrons. The van der Waals surface area contributed by atoms with Crippen molar-refractivity contribution in [3.63, 3.8) is 0 Å². The summed E-state index contributed by atoms with van der Waals surface area (Å²) in [5.41, 5.74) is 39.1. The quantitative estimate of drug-likeness (QED) is 0.114. The van der Waals surface area contributed by atoms with Gasteiger partial charge in [0.15, 0.2) is 0 Å². The van der Waals surface area contributed by atoms with Gasteiger partial charge in [-0.2, -0.15) is 0 Å². The van der Waals surface area contributed by atoms with E-state index >= 15 is 0 Å². The van der Waals surface area contributed by atoms with E-state index in [1.54, 1.807) is 0 Å². The van der Waals surface area contributed by atoms with Crippen LogP contribution in [0.25, 0.3) is 122 Å². The maximum Gasteiger partial charge on any atom is 0.252 e. The van der Waals surface area contributed by atoms with Crippen LogP contribution in [0.5, 0.6) is 0 Å². The molecule has 17 aromatic carbocycles. The molecule has 0 unspecified atom stereocenters. The lowest BCUT2D eigenvalue weighted by atomic mass is 9.33. The molecule has 115 heavy (non-hydrogen) atoms. The number of fused-ring (bicyclic) bond motifs is 10. The summed E-state index contributed by atoms with van der Waals surface area (Å²) in [5, 5.41) is 2.16. The highest BCUT2D eigenvalue weighted by Crippen LogP contribution is 2.60. The van der Waals surface area contributed by atoms with E-state index in [9.17, 15) is 0 Å². The van der Waals surface area contributed by atoms with Crippen LogP contribution in [0.1, 0.15) is 74.9 Å². The van der Waals surface area contributed by atoms with E-state index < -0.39 is 5.41 Å². The fourth-order valence-electron chi connectivity index (χ4n) is 19.1. The van der Waals surface area contributed by atoms with E-state index in [4.69, 9.17) is 4.42 Å². The first-order chi connectivity index (χ1) is 56.3. The Morgan fingerprint density at radius 1 is 0.252 bits per heavy atom. The molecule has 3 aliphatic rings. The standard InChI is InChI=1S/C111H83BN2O/c1-109(2,3)85-68-90(73-36-16-8-17-37-73)107(91(69-85)74-38-18-9-19-39-74)113-99-59-56-80(78-45-32-44-77(62-78)72-34-14-7-15-35-72)64-97(99)112-98-65-81(87-52-33-54-96-105(87)89-51-28-30-53-95(89)111(96,83-46-24-12-25-47-83)84-48-26-13-27-49-84)57-60-100(98)114(102-67-82(66-101(113)106(102)112)79-58-61-104-94(63-79)88-50-29-31-55-103(88)115-104)108-92(75-40-20-10-21-41-75)70-86(110(4,5)6)71-93(108)76-42-22-11-23-43-76/h7-71H,1-6H3. The van der Waals surface area contributed by atoms with E-state index in [0.717, 1.165) is 128 Å². The summed E-state index contributed by atoms with van der Waals surface area (Å²) in [6.45, 7) is 13.8. The summed E-state index contributed by atoms with van der Waals surface area (Å²) in [5.74, 6) is 0. The zero-order valence-electron chi connectivity index (χ0n) is 65.4. The van der Waals surface area contributed by atoms with Gasteiger partial charge < -0.3 is 14.2 Å². The first kappa shape index (κ1) is 69.2. The second kappa shape index (κ2) is 27.3. The molecule has 1 aromatic heterocycles. The Kier molecular flexibility index (Phi) is 16.4. The predicted octanol–water partition coefficient (Wildman–Crippen LogP) is 28.0. The van der Waals surface area contributed by atoms with Crippen LogP contribution in [0.2, 0.25) is 0 Å². The second-order valence-electron chi connectivity index (χ2n) is 33.4. The van der Waals surface area contributed by atoms with Crippen molar-refractivity contribution in [2.45, 2.75) is 57.8 Å². The first-order valence-electron chi connectivity index (χ1n) is 40.4. The zero-order valence-corrected chi connectivity index (χ0v) is 65.4. The SMILES string of the molecule is CC(C)(C)c1cc(-c2ccccc2)c(N2c3ccc(-c4cccc(-c5ccccc5)c4)cc3B3c4cc(-c5cccc6c5-c5ccccc5C6(c5ccccc5)c5ccccc5)ccc4N(c4c(-c5ccccc5)cc(C(C)(C)C)cc4-c4ccccc4)c4cc(-c5ccc6oc7ccccc7c6c5)cc2c43)c(-c2ccccc2)c1. The van der Waals surface area contributed by atoms with E-state index in [-0.39, 0.29) is 17.5 Å². The highest BCUT2D eigenvalue weighted by Gasteiger charge is 2.49. The van der Waals surface area contributed by atoms with Gasteiger partial charge in [0.05, 0.1) is 16.8 Å².